The van der Waals surface area contributed by atoms with E-state index in [9.17, 15) is 4.79 Å². The molecule has 0 fully saturated rings. The van der Waals surface area contributed by atoms with Crippen molar-refractivity contribution >= 4 is 40.2 Å². The minimum absolute atomic E-state index is 0.0475. The number of esters is 1. The lowest BCUT2D eigenvalue weighted by atomic mass is 10.0. The zero-order valence-electron chi connectivity index (χ0n) is 20.0. The molecule has 0 amide bonds. The Hall–Kier alpha value is -1.91. The first-order chi connectivity index (χ1) is 15.1. The summed E-state index contributed by atoms with van der Waals surface area (Å²) in [7, 11) is 0. The number of nitrogens with zero attached hydrogens (tertiary/aromatic N) is 1. The van der Waals surface area contributed by atoms with Gasteiger partial charge in [-0.25, -0.2) is 0 Å². The fraction of sp³-hybridized carbons (Fsp3) is 0.444. The molecule has 0 aliphatic carbocycles. The number of carbonyl (C=O) groups excluding carboxylic acids is 1. The Balaban J connectivity index is 2.18. The fourth-order valence-corrected chi connectivity index (χ4v) is 5.17. The molecule has 0 atom stereocenters. The second-order valence-corrected chi connectivity index (χ2v) is 11.7. The lowest BCUT2D eigenvalue weighted by Gasteiger charge is -2.19. The Morgan fingerprint density at radius 3 is 2.41 bits per heavy atom. The number of aromatic nitrogens is 1. The van der Waals surface area contributed by atoms with Crippen LogP contribution in [-0.4, -0.2) is 21.9 Å². The van der Waals surface area contributed by atoms with Gasteiger partial charge in [-0.3, -0.25) is 4.79 Å². The van der Waals surface area contributed by atoms with E-state index in [-0.39, 0.29) is 10.7 Å². The van der Waals surface area contributed by atoms with Gasteiger partial charge in [-0.2, -0.15) is 0 Å². The molecule has 0 aliphatic heterocycles. The molecule has 0 saturated heterocycles. The number of halogens is 1. The zero-order chi connectivity index (χ0) is 23.5. The van der Waals surface area contributed by atoms with Crippen molar-refractivity contribution in [1.29, 1.82) is 0 Å². The molecule has 1 aromatic heterocycles. The average Bonchev–Trinajstić information content (AvgIpc) is 2.99. The molecule has 1 heterocycles. The van der Waals surface area contributed by atoms with Crippen LogP contribution in [0.2, 0.25) is 5.02 Å². The third-order valence-corrected chi connectivity index (χ3v) is 6.87. The van der Waals surface area contributed by atoms with E-state index in [2.05, 4.69) is 69.5 Å². The second-order valence-electron chi connectivity index (χ2n) is 9.44. The van der Waals surface area contributed by atoms with Crippen molar-refractivity contribution in [3.8, 4) is 0 Å². The summed E-state index contributed by atoms with van der Waals surface area (Å²) in [6.45, 7) is 14.2. The maximum atomic E-state index is 12.2. The number of hydrogen-bond donors (Lipinski definition) is 0. The van der Waals surface area contributed by atoms with Crippen molar-refractivity contribution in [2.45, 2.75) is 76.5 Å². The molecule has 5 heteroatoms. The molecular weight excluding hydrogens is 438 g/mol. The Morgan fingerprint density at radius 2 is 1.81 bits per heavy atom. The van der Waals surface area contributed by atoms with Crippen LogP contribution >= 0.6 is 23.4 Å². The van der Waals surface area contributed by atoms with Crippen LogP contribution in [0.25, 0.3) is 10.9 Å². The van der Waals surface area contributed by atoms with Crippen molar-refractivity contribution in [3.63, 3.8) is 0 Å². The Kier molecular flexibility index (Phi) is 8.00. The van der Waals surface area contributed by atoms with E-state index in [1.807, 2.05) is 30.8 Å². The monoisotopic (exact) mass is 471 g/mol. The van der Waals surface area contributed by atoms with Crippen LogP contribution in [0.1, 0.15) is 70.7 Å². The van der Waals surface area contributed by atoms with Crippen LogP contribution in [0.3, 0.4) is 0 Å². The summed E-state index contributed by atoms with van der Waals surface area (Å²) in [4.78, 5) is 13.5. The van der Waals surface area contributed by atoms with E-state index in [0.717, 1.165) is 11.6 Å². The zero-order valence-corrected chi connectivity index (χ0v) is 21.6. The van der Waals surface area contributed by atoms with Crippen LogP contribution < -0.4 is 0 Å². The van der Waals surface area contributed by atoms with Gasteiger partial charge in [0.25, 0.3) is 0 Å². The Labute approximate surface area is 201 Å². The minimum Gasteiger partial charge on any atom is -0.466 e. The topological polar surface area (TPSA) is 31.2 Å². The van der Waals surface area contributed by atoms with Gasteiger partial charge < -0.3 is 9.30 Å². The van der Waals surface area contributed by atoms with Gasteiger partial charge >= 0.3 is 5.97 Å². The van der Waals surface area contributed by atoms with Gasteiger partial charge in [0.1, 0.15) is 0 Å². The van der Waals surface area contributed by atoms with E-state index in [1.165, 1.54) is 32.6 Å². The van der Waals surface area contributed by atoms with Gasteiger partial charge in [0.15, 0.2) is 0 Å². The number of carbonyl (C=O) groups is 1. The van der Waals surface area contributed by atoms with Crippen LogP contribution in [0.5, 0.6) is 0 Å². The summed E-state index contributed by atoms with van der Waals surface area (Å²) in [5, 5.41) is 2.00. The summed E-state index contributed by atoms with van der Waals surface area (Å²) in [5.41, 5.74) is 4.91. The number of ether oxygens (including phenoxy) is 1. The minimum atomic E-state index is -0.148. The first-order valence-electron chi connectivity index (χ1n) is 11.3. The van der Waals surface area contributed by atoms with Gasteiger partial charge in [-0.05, 0) is 54.7 Å². The number of thioether (sulfide) groups is 1. The molecule has 172 valence electrons. The maximum absolute atomic E-state index is 12.2. The molecule has 0 aliphatic rings. The molecule has 0 spiro atoms. The summed E-state index contributed by atoms with van der Waals surface area (Å²) in [6.07, 6.45) is 1.02. The van der Waals surface area contributed by atoms with Gasteiger partial charge in [0, 0.05) is 37.8 Å². The standard InChI is InChI=1S/C27H34ClNO2S/c1-7-31-25(30)15-14-24-26(32-27(4,5)6)22-16-20(18(2)3)10-13-23(22)29(24)17-19-8-11-21(28)12-9-19/h8-13,16,18H,7,14-15,17H2,1-6H3. The van der Waals surface area contributed by atoms with Crippen molar-refractivity contribution in [3.05, 3.63) is 64.3 Å². The fourth-order valence-electron chi connectivity index (χ4n) is 3.83. The number of fused-ring (bicyclic) bond motifs is 1. The van der Waals surface area contributed by atoms with Gasteiger partial charge in [-0.15, -0.1) is 11.8 Å². The third kappa shape index (κ3) is 6.11. The van der Waals surface area contributed by atoms with Crippen LogP contribution in [0.4, 0.5) is 0 Å². The Morgan fingerprint density at radius 1 is 1.12 bits per heavy atom. The van der Waals surface area contributed by atoms with Crippen molar-refractivity contribution in [2.75, 3.05) is 6.61 Å². The van der Waals surface area contributed by atoms with Crippen LogP contribution in [0.15, 0.2) is 47.4 Å². The normalized spacial score (nSPS) is 12.0. The number of rotatable bonds is 8. The van der Waals surface area contributed by atoms with Crippen molar-refractivity contribution in [2.24, 2.45) is 0 Å². The molecule has 0 saturated carbocycles. The highest BCUT2D eigenvalue weighted by atomic mass is 35.5. The molecule has 0 bridgehead atoms. The molecule has 3 rings (SSSR count). The largest absolute Gasteiger partial charge is 0.466 e. The molecule has 3 aromatic rings. The highest BCUT2D eigenvalue weighted by molar-refractivity contribution is 8.00. The molecular formula is C27H34ClNO2S. The first kappa shape index (κ1) is 24.7. The van der Waals surface area contributed by atoms with E-state index >= 15 is 0 Å². The summed E-state index contributed by atoms with van der Waals surface area (Å²) in [5.74, 6) is 0.305. The molecule has 32 heavy (non-hydrogen) atoms. The summed E-state index contributed by atoms with van der Waals surface area (Å²) < 4.78 is 7.65. The van der Waals surface area contributed by atoms with Gasteiger partial charge in [-0.1, -0.05) is 64.4 Å². The summed E-state index contributed by atoms with van der Waals surface area (Å²) >= 11 is 8.00. The van der Waals surface area contributed by atoms with E-state index < -0.39 is 0 Å². The van der Waals surface area contributed by atoms with Crippen LogP contribution in [-0.2, 0) is 22.5 Å². The highest BCUT2D eigenvalue weighted by Crippen LogP contribution is 2.42. The predicted octanol–water partition coefficient (Wildman–Crippen LogP) is 7.85. The lowest BCUT2D eigenvalue weighted by molar-refractivity contribution is -0.143. The first-order valence-corrected chi connectivity index (χ1v) is 12.5. The van der Waals surface area contributed by atoms with Gasteiger partial charge in [0.05, 0.1) is 13.0 Å². The average molecular weight is 472 g/mol. The molecule has 2 aromatic carbocycles. The molecule has 0 unspecified atom stereocenters. The quantitative estimate of drug-likeness (QED) is 0.247. The SMILES string of the molecule is CCOC(=O)CCc1c(SC(C)(C)C)c2cc(C(C)C)ccc2n1Cc1ccc(Cl)cc1. The van der Waals surface area contributed by atoms with Crippen molar-refractivity contribution < 1.29 is 9.53 Å². The smallest absolute Gasteiger partial charge is 0.306 e. The molecule has 0 N–H and O–H groups in total. The predicted molar refractivity (Wildman–Crippen MR) is 137 cm³/mol. The lowest BCUT2D eigenvalue weighted by Crippen LogP contribution is -2.12. The maximum Gasteiger partial charge on any atom is 0.306 e. The van der Waals surface area contributed by atoms with Crippen LogP contribution in [0, 0.1) is 0 Å². The molecule has 3 nitrogen and oxygen atoms in total. The number of hydrogen-bond acceptors (Lipinski definition) is 3. The van der Waals surface area contributed by atoms with E-state index in [0.29, 0.717) is 25.4 Å². The Bertz CT molecular complexity index is 1080. The number of benzene rings is 2. The summed E-state index contributed by atoms with van der Waals surface area (Å²) in [6, 6.07) is 14.8. The van der Waals surface area contributed by atoms with Gasteiger partial charge in [0.2, 0.25) is 0 Å². The van der Waals surface area contributed by atoms with E-state index in [1.54, 1.807) is 0 Å². The second kappa shape index (κ2) is 10.4. The van der Waals surface area contributed by atoms with Crippen molar-refractivity contribution in [1.82, 2.24) is 4.57 Å². The molecule has 0 radical (unpaired) electrons. The highest BCUT2D eigenvalue weighted by Gasteiger charge is 2.24. The third-order valence-electron chi connectivity index (χ3n) is 5.34. The van der Waals surface area contributed by atoms with E-state index in [4.69, 9.17) is 16.3 Å².